The maximum absolute atomic E-state index is 15.3. The van der Waals surface area contributed by atoms with E-state index in [0.717, 1.165) is 48.5 Å². The monoisotopic (exact) mass is 552 g/mol. The zero-order valence-electron chi connectivity index (χ0n) is 23.4. The standard InChI is InChI=1S/C33H39F3N2O2/c1-4-39-22(2)9-14-27(23(3)35)28-7-5-8-30-29(15-16-31(37)33(30)36)32(28)24-10-12-25(13-11-24)40-26-17-20-38(21-26)19-6-18-34/h9-16,26H,3-8,17-21,37H2,1-2H3/b22-9+,27-14+/t26-/m0/s1. The summed E-state index contributed by atoms with van der Waals surface area (Å²) in [7, 11) is 0. The number of alkyl halides is 1. The van der Waals surface area contributed by atoms with Crippen molar-refractivity contribution in [3.05, 3.63) is 100 Å². The number of rotatable bonds is 11. The number of hydrogen-bond donors (Lipinski definition) is 1. The lowest BCUT2D eigenvalue weighted by atomic mass is 9.87. The van der Waals surface area contributed by atoms with Gasteiger partial charge in [-0.05, 0) is 104 Å². The Morgan fingerprint density at radius 1 is 1.15 bits per heavy atom. The highest BCUT2D eigenvalue weighted by atomic mass is 19.1. The number of ether oxygens (including phenoxy) is 2. The molecule has 0 saturated carbocycles. The van der Waals surface area contributed by atoms with Crippen LogP contribution in [-0.4, -0.2) is 43.9 Å². The number of fused-ring (bicyclic) bond motifs is 1. The van der Waals surface area contributed by atoms with Crippen molar-refractivity contribution >= 4 is 11.3 Å². The summed E-state index contributed by atoms with van der Waals surface area (Å²) in [6.45, 7) is 9.93. The first-order chi connectivity index (χ1) is 19.3. The molecule has 0 radical (unpaired) electrons. The van der Waals surface area contributed by atoms with Crippen molar-refractivity contribution in [3.63, 3.8) is 0 Å². The molecule has 0 aromatic heterocycles. The van der Waals surface area contributed by atoms with E-state index in [2.05, 4.69) is 11.5 Å². The molecular formula is C33H39F3N2O2. The highest BCUT2D eigenvalue weighted by Crippen LogP contribution is 2.42. The summed E-state index contributed by atoms with van der Waals surface area (Å²) in [4.78, 5) is 2.22. The Labute approximate surface area is 235 Å². The number of benzene rings is 2. The smallest absolute Gasteiger partial charge is 0.149 e. The van der Waals surface area contributed by atoms with Crippen LogP contribution in [0.15, 0.2) is 77.9 Å². The molecule has 0 spiro atoms. The summed E-state index contributed by atoms with van der Waals surface area (Å²) in [6, 6.07) is 11.1. The zero-order valence-corrected chi connectivity index (χ0v) is 23.4. The third kappa shape index (κ3) is 7.00. The van der Waals surface area contributed by atoms with Crippen LogP contribution in [0.1, 0.15) is 56.2 Å². The highest BCUT2D eigenvalue weighted by Gasteiger charge is 2.26. The summed E-state index contributed by atoms with van der Waals surface area (Å²) in [6.07, 6.45) is 6.55. The molecule has 40 heavy (non-hydrogen) atoms. The first kappa shape index (κ1) is 29.5. The van der Waals surface area contributed by atoms with E-state index in [1.165, 1.54) is 0 Å². The molecule has 214 valence electrons. The minimum Gasteiger partial charge on any atom is -0.499 e. The Morgan fingerprint density at radius 3 is 2.62 bits per heavy atom. The van der Waals surface area contributed by atoms with Crippen LogP contribution in [0, 0.1) is 5.82 Å². The third-order valence-corrected chi connectivity index (χ3v) is 7.45. The largest absolute Gasteiger partial charge is 0.499 e. The first-order valence-corrected chi connectivity index (χ1v) is 14.0. The van der Waals surface area contributed by atoms with Crippen LogP contribution in [0.5, 0.6) is 5.75 Å². The summed E-state index contributed by atoms with van der Waals surface area (Å²) in [5, 5.41) is 0. The van der Waals surface area contributed by atoms with Gasteiger partial charge in [-0.1, -0.05) is 24.8 Å². The fourth-order valence-electron chi connectivity index (χ4n) is 5.55. The van der Waals surface area contributed by atoms with Gasteiger partial charge in [0.05, 0.1) is 24.7 Å². The molecule has 1 saturated heterocycles. The van der Waals surface area contributed by atoms with E-state index in [1.54, 1.807) is 18.2 Å². The van der Waals surface area contributed by atoms with E-state index in [1.807, 2.05) is 44.2 Å². The predicted molar refractivity (Wildman–Crippen MR) is 156 cm³/mol. The van der Waals surface area contributed by atoms with Gasteiger partial charge in [-0.3, -0.25) is 9.29 Å². The van der Waals surface area contributed by atoms with E-state index in [9.17, 15) is 4.39 Å². The van der Waals surface area contributed by atoms with Crippen molar-refractivity contribution in [2.75, 3.05) is 38.6 Å². The number of likely N-dealkylation sites (tertiary alicyclic amines) is 1. The molecule has 2 N–H and O–H groups in total. The molecule has 0 amide bonds. The summed E-state index contributed by atoms with van der Waals surface area (Å²) in [5.74, 6) is 0.395. The zero-order chi connectivity index (χ0) is 28.6. The molecule has 2 aromatic carbocycles. The van der Waals surface area contributed by atoms with Crippen molar-refractivity contribution in [2.24, 2.45) is 0 Å². The van der Waals surface area contributed by atoms with Gasteiger partial charge in [0.1, 0.15) is 23.5 Å². The van der Waals surface area contributed by atoms with Gasteiger partial charge in [0.2, 0.25) is 0 Å². The van der Waals surface area contributed by atoms with Gasteiger partial charge in [-0.15, -0.1) is 0 Å². The summed E-state index contributed by atoms with van der Waals surface area (Å²) in [5.41, 5.74) is 9.95. The Kier molecular flexibility index (Phi) is 10.2. The highest BCUT2D eigenvalue weighted by molar-refractivity contribution is 5.88. The van der Waals surface area contributed by atoms with Crippen LogP contribution in [0.25, 0.3) is 5.57 Å². The minimum atomic E-state index is -0.564. The van der Waals surface area contributed by atoms with Crippen LogP contribution >= 0.6 is 0 Å². The Balaban J connectivity index is 1.74. The molecule has 0 bridgehead atoms. The van der Waals surface area contributed by atoms with Gasteiger partial charge >= 0.3 is 0 Å². The van der Waals surface area contributed by atoms with Gasteiger partial charge in [0, 0.05) is 25.2 Å². The van der Waals surface area contributed by atoms with Gasteiger partial charge in [-0.2, -0.15) is 0 Å². The van der Waals surface area contributed by atoms with Crippen LogP contribution < -0.4 is 10.5 Å². The molecule has 1 fully saturated rings. The number of nitrogens with two attached hydrogens (primary N) is 1. The fraction of sp³-hybridized carbons (Fsp3) is 0.394. The minimum absolute atomic E-state index is 0.0423. The Morgan fingerprint density at radius 2 is 1.93 bits per heavy atom. The van der Waals surface area contributed by atoms with Gasteiger partial charge in [-0.25, -0.2) is 8.78 Å². The lowest BCUT2D eigenvalue weighted by Gasteiger charge is -2.19. The SMILES string of the molecule is C=C(F)/C(=C\C=C(/C)OCC)C1=C(c2ccc(O[C@H]3CCN(CCCF)C3)cc2)c2ccc(N)c(F)c2CCC1. The molecule has 2 aromatic rings. The molecule has 2 aliphatic rings. The molecule has 1 atom stereocenters. The number of hydrogen-bond acceptors (Lipinski definition) is 4. The van der Waals surface area contributed by atoms with Crippen molar-refractivity contribution in [3.8, 4) is 5.75 Å². The van der Waals surface area contributed by atoms with Crippen molar-refractivity contribution < 1.29 is 22.6 Å². The van der Waals surface area contributed by atoms with Crippen LogP contribution in [-0.2, 0) is 11.2 Å². The molecular weight excluding hydrogens is 513 g/mol. The lowest BCUT2D eigenvalue weighted by Crippen LogP contribution is -2.26. The Bertz CT molecular complexity index is 1300. The van der Waals surface area contributed by atoms with E-state index in [-0.39, 0.29) is 18.5 Å². The number of nitrogen functional groups attached to an aromatic ring is 1. The number of allylic oxidation sites excluding steroid dienone is 6. The topological polar surface area (TPSA) is 47.7 Å². The fourth-order valence-corrected chi connectivity index (χ4v) is 5.55. The van der Waals surface area contributed by atoms with Crippen molar-refractivity contribution in [1.29, 1.82) is 0 Å². The second-order valence-electron chi connectivity index (χ2n) is 10.3. The van der Waals surface area contributed by atoms with E-state index >= 15 is 8.78 Å². The van der Waals surface area contributed by atoms with Gasteiger partial charge in [0.15, 0.2) is 0 Å². The molecule has 4 rings (SSSR count). The predicted octanol–water partition coefficient (Wildman–Crippen LogP) is 7.71. The normalized spacial score (nSPS) is 18.5. The van der Waals surface area contributed by atoms with E-state index in [4.69, 9.17) is 15.2 Å². The maximum Gasteiger partial charge on any atom is 0.149 e. The number of halogens is 3. The maximum atomic E-state index is 15.3. The second kappa shape index (κ2) is 13.8. The quantitative estimate of drug-likeness (QED) is 0.176. The average Bonchev–Trinajstić information content (AvgIpc) is 3.29. The second-order valence-corrected chi connectivity index (χ2v) is 10.3. The first-order valence-electron chi connectivity index (χ1n) is 14.0. The number of anilines is 1. The van der Waals surface area contributed by atoms with Crippen LogP contribution in [0.4, 0.5) is 18.9 Å². The summed E-state index contributed by atoms with van der Waals surface area (Å²) >= 11 is 0. The molecule has 1 aliphatic heterocycles. The molecule has 1 heterocycles. The summed E-state index contributed by atoms with van der Waals surface area (Å²) < 4.78 is 54.6. The average molecular weight is 553 g/mol. The molecule has 7 heteroatoms. The van der Waals surface area contributed by atoms with Gasteiger partial charge in [0.25, 0.3) is 0 Å². The number of nitrogens with zero attached hydrogens (tertiary/aromatic N) is 1. The third-order valence-electron chi connectivity index (χ3n) is 7.45. The van der Waals surface area contributed by atoms with Crippen LogP contribution in [0.2, 0.25) is 0 Å². The van der Waals surface area contributed by atoms with Gasteiger partial charge < -0.3 is 15.2 Å². The van der Waals surface area contributed by atoms with E-state index < -0.39 is 11.6 Å². The molecule has 4 nitrogen and oxygen atoms in total. The van der Waals surface area contributed by atoms with Crippen molar-refractivity contribution in [1.82, 2.24) is 4.90 Å². The van der Waals surface area contributed by atoms with Crippen LogP contribution in [0.3, 0.4) is 0 Å². The molecule has 1 aliphatic carbocycles. The Hall–Kier alpha value is -3.45. The van der Waals surface area contributed by atoms with Crippen molar-refractivity contribution in [2.45, 2.75) is 52.1 Å². The van der Waals surface area contributed by atoms with E-state index in [0.29, 0.717) is 54.7 Å². The molecule has 0 unspecified atom stereocenters. The lowest BCUT2D eigenvalue weighted by molar-refractivity contribution is 0.198.